The molecule has 0 aliphatic heterocycles. The Bertz CT molecular complexity index is 676. The Morgan fingerprint density at radius 3 is 2.34 bits per heavy atom. The van der Waals surface area contributed by atoms with Gasteiger partial charge in [0, 0.05) is 38.2 Å². The number of hydrogen-bond acceptors (Lipinski definition) is 6. The van der Waals surface area contributed by atoms with Gasteiger partial charge in [-0.05, 0) is 52.7 Å². The van der Waals surface area contributed by atoms with Crippen LogP contribution >= 0.6 is 8.53 Å². The summed E-state index contributed by atoms with van der Waals surface area (Å²) in [5, 5.41) is 14.4. The van der Waals surface area contributed by atoms with Gasteiger partial charge in [-0.25, -0.2) is 4.67 Å². The second-order valence-electron chi connectivity index (χ2n) is 7.41. The summed E-state index contributed by atoms with van der Waals surface area (Å²) in [6.45, 7) is 12.3. The van der Waals surface area contributed by atoms with Crippen LogP contribution in [-0.4, -0.2) is 34.7 Å². The van der Waals surface area contributed by atoms with Crippen LogP contribution in [0.3, 0.4) is 0 Å². The fourth-order valence-corrected chi connectivity index (χ4v) is 4.60. The van der Waals surface area contributed by atoms with Crippen molar-refractivity contribution in [1.29, 1.82) is 0 Å². The summed E-state index contributed by atoms with van der Waals surface area (Å²) >= 11 is 0. The maximum Gasteiger partial charge on any atom is 0.275 e. The van der Waals surface area contributed by atoms with E-state index in [2.05, 4.69) is 37.7 Å². The average Bonchev–Trinajstić information content (AvgIpc) is 2.64. The molecule has 0 spiro atoms. The summed E-state index contributed by atoms with van der Waals surface area (Å²) in [6.07, 6.45) is 0.677. The smallest absolute Gasteiger partial charge is 0.275 e. The molecule has 9 heteroatoms. The summed E-state index contributed by atoms with van der Waals surface area (Å²) in [7, 11) is 0.200. The molecule has 0 heterocycles. The molecule has 2 atom stereocenters. The lowest BCUT2D eigenvalue weighted by Gasteiger charge is -2.36. The molecular weight excluding hydrogens is 393 g/mol. The number of nitro benzene ring substituents is 1. The van der Waals surface area contributed by atoms with E-state index >= 15 is 0 Å². The fraction of sp³-hybridized carbons (Fsp3) is 0.650. The molecule has 0 saturated carbocycles. The number of nitrogens with zero attached hydrogens (tertiary/aromatic N) is 2. The van der Waals surface area contributed by atoms with Crippen LogP contribution < -0.4 is 5.32 Å². The Hall–Kier alpha value is -1.60. The first-order valence-electron chi connectivity index (χ1n) is 9.95. The molecule has 1 aromatic rings. The van der Waals surface area contributed by atoms with Crippen LogP contribution in [0, 0.1) is 10.1 Å². The molecule has 0 bridgehead atoms. The van der Waals surface area contributed by atoms with Crippen molar-refractivity contribution >= 4 is 20.1 Å². The zero-order chi connectivity index (χ0) is 22.1. The van der Waals surface area contributed by atoms with Gasteiger partial charge >= 0.3 is 0 Å². The molecule has 29 heavy (non-hydrogen) atoms. The van der Waals surface area contributed by atoms with E-state index in [4.69, 9.17) is 9.05 Å². The minimum absolute atomic E-state index is 0.00664. The minimum Gasteiger partial charge on any atom is -0.352 e. The Morgan fingerprint density at radius 2 is 1.86 bits per heavy atom. The quantitative estimate of drug-likeness (QED) is 0.284. The molecule has 1 amide bonds. The number of benzene rings is 1. The number of carbonyl (C=O) groups is 1. The Balaban J connectivity index is 3.09. The Kier molecular flexibility index (Phi) is 10.7. The van der Waals surface area contributed by atoms with Crippen molar-refractivity contribution < 1.29 is 18.8 Å². The predicted molar refractivity (Wildman–Crippen MR) is 115 cm³/mol. The Morgan fingerprint density at radius 1 is 1.24 bits per heavy atom. The van der Waals surface area contributed by atoms with Crippen molar-refractivity contribution in [2.24, 2.45) is 0 Å². The van der Waals surface area contributed by atoms with E-state index in [-0.39, 0.29) is 23.7 Å². The van der Waals surface area contributed by atoms with Gasteiger partial charge in [-0.1, -0.05) is 13.0 Å². The van der Waals surface area contributed by atoms with Crippen LogP contribution in [0.25, 0.3) is 0 Å². The van der Waals surface area contributed by atoms with Crippen LogP contribution in [-0.2, 0) is 20.4 Å². The summed E-state index contributed by atoms with van der Waals surface area (Å²) < 4.78 is 13.9. The molecule has 0 saturated heterocycles. The average molecular weight is 427 g/mol. The van der Waals surface area contributed by atoms with E-state index in [0.717, 1.165) is 12.0 Å². The zero-order valence-corrected chi connectivity index (χ0v) is 19.4. The third kappa shape index (κ3) is 7.63. The number of nitro groups is 1. The van der Waals surface area contributed by atoms with Gasteiger partial charge in [0.1, 0.15) is 0 Å². The maximum absolute atomic E-state index is 11.7. The molecule has 1 aromatic carbocycles. The number of hydrogen-bond donors (Lipinski definition) is 1. The van der Waals surface area contributed by atoms with Crippen molar-refractivity contribution in [2.45, 2.75) is 79.1 Å². The van der Waals surface area contributed by atoms with Crippen molar-refractivity contribution in [2.75, 3.05) is 7.11 Å². The summed E-state index contributed by atoms with van der Waals surface area (Å²) in [5.74, 6) is -0.0379. The molecule has 0 fully saturated rings. The van der Waals surface area contributed by atoms with Crippen molar-refractivity contribution in [3.05, 3.63) is 39.4 Å². The van der Waals surface area contributed by atoms with Gasteiger partial charge < -0.3 is 14.4 Å². The highest BCUT2D eigenvalue weighted by molar-refractivity contribution is 7.44. The lowest BCUT2D eigenvalue weighted by molar-refractivity contribution is -0.386. The fourth-order valence-electron chi connectivity index (χ4n) is 3.08. The van der Waals surface area contributed by atoms with Gasteiger partial charge in [0.2, 0.25) is 5.91 Å². The monoisotopic (exact) mass is 427 g/mol. The zero-order valence-electron chi connectivity index (χ0n) is 18.5. The molecule has 0 aliphatic rings. The van der Waals surface area contributed by atoms with Gasteiger partial charge in [0.15, 0.2) is 0 Å². The molecule has 0 aliphatic carbocycles. The number of rotatable bonds is 12. The third-order valence-electron chi connectivity index (χ3n) is 4.34. The summed E-state index contributed by atoms with van der Waals surface area (Å²) in [4.78, 5) is 22.9. The lowest BCUT2D eigenvalue weighted by atomic mass is 10.0. The van der Waals surface area contributed by atoms with Crippen LogP contribution in [0.15, 0.2) is 18.2 Å². The predicted octanol–water partition coefficient (Wildman–Crippen LogP) is 5.08. The van der Waals surface area contributed by atoms with E-state index < -0.39 is 19.6 Å². The first-order valence-corrected chi connectivity index (χ1v) is 11.1. The highest BCUT2D eigenvalue weighted by Crippen LogP contribution is 2.49. The molecule has 0 aromatic heterocycles. The highest BCUT2D eigenvalue weighted by Gasteiger charge is 2.30. The number of amides is 1. The molecule has 164 valence electrons. The summed E-state index contributed by atoms with van der Waals surface area (Å²) in [5.41, 5.74) is 1.25. The van der Waals surface area contributed by atoms with E-state index in [0.29, 0.717) is 18.5 Å². The normalized spacial score (nSPS) is 13.7. The van der Waals surface area contributed by atoms with Crippen LogP contribution in [0.2, 0.25) is 0 Å². The molecular formula is C20H34N3O5P. The molecule has 2 unspecified atom stereocenters. The molecule has 1 N–H and O–H groups in total. The van der Waals surface area contributed by atoms with Crippen LogP contribution in [0.1, 0.15) is 71.6 Å². The molecule has 0 radical (unpaired) electrons. The molecule has 8 nitrogen and oxygen atoms in total. The van der Waals surface area contributed by atoms with Gasteiger partial charge in [0.05, 0.1) is 16.6 Å². The third-order valence-corrected chi connectivity index (χ3v) is 6.45. The number of carbonyl (C=O) groups excluding carboxylic acids is 1. The molecule has 1 rings (SSSR count). The van der Waals surface area contributed by atoms with Crippen LogP contribution in [0.5, 0.6) is 0 Å². The largest absolute Gasteiger partial charge is 0.352 e. The Labute approximate surface area is 175 Å². The first kappa shape index (κ1) is 25.4. The van der Waals surface area contributed by atoms with E-state index in [1.807, 2.05) is 6.92 Å². The van der Waals surface area contributed by atoms with Gasteiger partial charge in [0.25, 0.3) is 14.2 Å². The second-order valence-corrected chi connectivity index (χ2v) is 8.93. The van der Waals surface area contributed by atoms with Crippen molar-refractivity contribution in [1.82, 2.24) is 9.99 Å². The topological polar surface area (TPSA) is 93.9 Å². The lowest BCUT2D eigenvalue weighted by Crippen LogP contribution is -2.33. The van der Waals surface area contributed by atoms with E-state index in [1.54, 1.807) is 26.2 Å². The van der Waals surface area contributed by atoms with Gasteiger partial charge in [-0.2, -0.15) is 0 Å². The minimum atomic E-state index is -1.39. The van der Waals surface area contributed by atoms with Gasteiger partial charge in [-0.15, -0.1) is 0 Å². The maximum atomic E-state index is 11.7. The standard InChI is InChI=1S/C20H34N3O5P/c1-8-9-20(24)21-13-17-10-11-19(23(25)26)18(12-17)16(6)28-29(27-7)22(14(2)3)15(4)5/h10-12,14-16H,8-9,13H2,1-7H3,(H,21,24). The second kappa shape index (κ2) is 12.2. The van der Waals surface area contributed by atoms with E-state index in [1.165, 1.54) is 6.07 Å². The van der Waals surface area contributed by atoms with Crippen molar-refractivity contribution in [3.8, 4) is 0 Å². The number of nitrogens with one attached hydrogen (secondary N) is 1. The van der Waals surface area contributed by atoms with E-state index in [9.17, 15) is 14.9 Å². The first-order chi connectivity index (χ1) is 13.6. The van der Waals surface area contributed by atoms with Gasteiger partial charge in [-0.3, -0.25) is 14.9 Å². The van der Waals surface area contributed by atoms with Crippen molar-refractivity contribution in [3.63, 3.8) is 0 Å². The van der Waals surface area contributed by atoms with Crippen LogP contribution in [0.4, 0.5) is 5.69 Å². The summed E-state index contributed by atoms with van der Waals surface area (Å²) in [6, 6.07) is 5.25. The highest BCUT2D eigenvalue weighted by atomic mass is 31.2. The SMILES string of the molecule is CCCC(=O)NCc1ccc([N+](=O)[O-])c(C(C)OP(OC)N(C(C)C)C(C)C)c1.